The molecular weight excluding hydrogens is 495 g/mol. The number of nitrogens with zero attached hydrogens (tertiary/aromatic N) is 6. The molecule has 2 saturated heterocycles. The maximum absolute atomic E-state index is 13.5. The van der Waals surface area contributed by atoms with Crippen LogP contribution in [0.4, 0.5) is 24.7 Å². The fourth-order valence-corrected chi connectivity index (χ4v) is 5.25. The fourth-order valence-electron chi connectivity index (χ4n) is 5.04. The molecule has 2 aliphatic rings. The molecule has 0 atom stereocenters. The molecule has 0 amide bonds. The highest BCUT2D eigenvalue weighted by Crippen LogP contribution is 2.37. The van der Waals surface area contributed by atoms with Crippen molar-refractivity contribution in [3.05, 3.63) is 34.7 Å². The van der Waals surface area contributed by atoms with Gasteiger partial charge in [-0.1, -0.05) is 11.6 Å². The van der Waals surface area contributed by atoms with Crippen LogP contribution in [0.25, 0.3) is 11.0 Å². The standard InChI is InChI=1S/C24H29ClF3N7O/c1-16-18(13-17(25)14-19(16)36-12-4-7-33-5-2-3-6-33)34-8-10-35(11-9-34)23-20-21(24(26,27)28)31-32-22(20)29-15-30-23/h13-15H,2-12H2,1H3,(H,29,30,31,32). The van der Waals surface area contributed by atoms with Crippen LogP contribution in [0.2, 0.25) is 5.02 Å². The number of piperazine rings is 1. The van der Waals surface area contributed by atoms with Gasteiger partial charge in [-0.05, 0) is 51.4 Å². The lowest BCUT2D eigenvalue weighted by Gasteiger charge is -2.37. The van der Waals surface area contributed by atoms with Crippen LogP contribution in [-0.4, -0.2) is 77.5 Å². The predicted octanol–water partition coefficient (Wildman–Crippen LogP) is 4.52. The lowest BCUT2D eigenvalue weighted by molar-refractivity contribution is -0.139. The van der Waals surface area contributed by atoms with E-state index in [0.29, 0.717) is 37.8 Å². The van der Waals surface area contributed by atoms with Crippen LogP contribution in [0.3, 0.4) is 0 Å². The minimum absolute atomic E-state index is 0.0759. The van der Waals surface area contributed by atoms with Gasteiger partial charge in [0, 0.05) is 49.0 Å². The van der Waals surface area contributed by atoms with E-state index in [-0.39, 0.29) is 16.9 Å². The largest absolute Gasteiger partial charge is 0.493 e. The van der Waals surface area contributed by atoms with Gasteiger partial charge >= 0.3 is 6.18 Å². The highest BCUT2D eigenvalue weighted by molar-refractivity contribution is 6.31. The molecule has 12 heteroatoms. The molecule has 36 heavy (non-hydrogen) atoms. The normalized spacial score (nSPS) is 17.4. The summed E-state index contributed by atoms with van der Waals surface area (Å²) in [7, 11) is 0. The third-order valence-corrected chi connectivity index (χ3v) is 7.12. The summed E-state index contributed by atoms with van der Waals surface area (Å²) in [6.07, 6.45) is 0.178. The second-order valence-electron chi connectivity index (χ2n) is 9.26. The summed E-state index contributed by atoms with van der Waals surface area (Å²) in [5, 5.41) is 6.32. The van der Waals surface area contributed by atoms with E-state index in [2.05, 4.69) is 30.0 Å². The van der Waals surface area contributed by atoms with Crippen molar-refractivity contribution in [2.75, 3.05) is 62.2 Å². The van der Waals surface area contributed by atoms with E-state index in [1.54, 1.807) is 0 Å². The van der Waals surface area contributed by atoms with Gasteiger partial charge in [0.2, 0.25) is 0 Å². The Labute approximate surface area is 212 Å². The Morgan fingerprint density at radius 1 is 1.03 bits per heavy atom. The molecule has 194 valence electrons. The minimum atomic E-state index is -4.59. The number of nitrogens with one attached hydrogen (secondary N) is 1. The number of aromatic nitrogens is 4. The average Bonchev–Trinajstić information content (AvgIpc) is 3.53. The van der Waals surface area contributed by atoms with Crippen LogP contribution in [0.1, 0.15) is 30.5 Å². The summed E-state index contributed by atoms with van der Waals surface area (Å²) in [4.78, 5) is 14.6. The van der Waals surface area contributed by atoms with Crippen molar-refractivity contribution in [2.24, 2.45) is 0 Å². The fraction of sp³-hybridized carbons (Fsp3) is 0.542. The number of hydrogen-bond donors (Lipinski definition) is 1. The first kappa shape index (κ1) is 24.9. The molecule has 2 aromatic heterocycles. The summed E-state index contributed by atoms with van der Waals surface area (Å²) in [6.45, 7) is 8.21. The van der Waals surface area contributed by atoms with E-state index in [4.69, 9.17) is 16.3 Å². The van der Waals surface area contributed by atoms with Gasteiger partial charge in [0.1, 0.15) is 17.9 Å². The SMILES string of the molecule is Cc1c(OCCCN2CCCC2)cc(Cl)cc1N1CCN(c2ncnc3[nH]nc(C(F)(F)F)c23)CC1. The van der Waals surface area contributed by atoms with Crippen molar-refractivity contribution in [3.63, 3.8) is 0 Å². The molecular formula is C24H29ClF3N7O. The Bertz CT molecular complexity index is 1200. The molecule has 2 fully saturated rings. The van der Waals surface area contributed by atoms with Gasteiger partial charge in [0.05, 0.1) is 12.0 Å². The number of fused-ring (bicyclic) bond motifs is 1. The quantitative estimate of drug-likeness (QED) is 0.456. The Kier molecular flexibility index (Phi) is 7.11. The predicted molar refractivity (Wildman–Crippen MR) is 133 cm³/mol. The molecule has 4 heterocycles. The van der Waals surface area contributed by atoms with E-state index >= 15 is 0 Å². The summed E-state index contributed by atoms with van der Waals surface area (Å²) in [6, 6.07) is 3.77. The zero-order valence-corrected chi connectivity index (χ0v) is 20.9. The van der Waals surface area contributed by atoms with Crippen molar-refractivity contribution in [1.82, 2.24) is 25.1 Å². The van der Waals surface area contributed by atoms with Crippen LogP contribution in [0.5, 0.6) is 5.75 Å². The zero-order valence-electron chi connectivity index (χ0n) is 20.1. The third kappa shape index (κ3) is 5.17. The van der Waals surface area contributed by atoms with Gasteiger partial charge < -0.3 is 19.4 Å². The lowest BCUT2D eigenvalue weighted by atomic mass is 10.1. The van der Waals surface area contributed by atoms with Crippen LogP contribution < -0.4 is 14.5 Å². The monoisotopic (exact) mass is 523 g/mol. The van der Waals surface area contributed by atoms with Gasteiger partial charge in [-0.2, -0.15) is 18.3 Å². The second kappa shape index (κ2) is 10.3. The molecule has 0 aliphatic carbocycles. The molecule has 0 unspecified atom stereocenters. The minimum Gasteiger partial charge on any atom is -0.493 e. The maximum Gasteiger partial charge on any atom is 0.435 e. The summed E-state index contributed by atoms with van der Waals surface area (Å²) >= 11 is 6.44. The van der Waals surface area contributed by atoms with Crippen molar-refractivity contribution < 1.29 is 17.9 Å². The smallest absolute Gasteiger partial charge is 0.435 e. The third-order valence-electron chi connectivity index (χ3n) is 6.90. The highest BCUT2D eigenvalue weighted by Gasteiger charge is 2.38. The molecule has 0 spiro atoms. The number of H-pyrrole nitrogens is 1. The number of hydrogen-bond acceptors (Lipinski definition) is 7. The molecule has 0 radical (unpaired) electrons. The molecule has 3 aromatic rings. The highest BCUT2D eigenvalue weighted by atomic mass is 35.5. The number of rotatable bonds is 7. The van der Waals surface area contributed by atoms with Crippen LogP contribution in [-0.2, 0) is 6.18 Å². The number of benzene rings is 1. The topological polar surface area (TPSA) is 73.4 Å². The number of halogens is 4. The Balaban J connectivity index is 1.27. The maximum atomic E-state index is 13.5. The molecule has 1 N–H and O–H groups in total. The molecule has 1 aromatic carbocycles. The van der Waals surface area contributed by atoms with Crippen LogP contribution in [0.15, 0.2) is 18.5 Å². The molecule has 5 rings (SSSR count). The molecule has 0 bridgehead atoms. The number of ether oxygens (including phenoxy) is 1. The van der Waals surface area contributed by atoms with E-state index in [9.17, 15) is 13.2 Å². The Hall–Kier alpha value is -2.79. The lowest BCUT2D eigenvalue weighted by Crippen LogP contribution is -2.47. The van der Waals surface area contributed by atoms with Gasteiger partial charge in [-0.3, -0.25) is 5.10 Å². The molecule has 8 nitrogen and oxygen atoms in total. The van der Waals surface area contributed by atoms with Crippen molar-refractivity contribution in [3.8, 4) is 5.75 Å². The van der Waals surface area contributed by atoms with Crippen molar-refractivity contribution in [1.29, 1.82) is 0 Å². The van der Waals surface area contributed by atoms with E-state index in [0.717, 1.165) is 30.0 Å². The number of alkyl halides is 3. The first-order valence-corrected chi connectivity index (χ1v) is 12.6. The van der Waals surface area contributed by atoms with Gasteiger partial charge in [-0.15, -0.1) is 0 Å². The van der Waals surface area contributed by atoms with E-state index in [1.807, 2.05) is 24.0 Å². The molecule has 2 aliphatic heterocycles. The number of likely N-dealkylation sites (tertiary alicyclic amines) is 1. The number of anilines is 2. The Morgan fingerprint density at radius 2 is 1.75 bits per heavy atom. The Morgan fingerprint density at radius 3 is 2.47 bits per heavy atom. The first-order valence-electron chi connectivity index (χ1n) is 12.2. The summed E-state index contributed by atoms with van der Waals surface area (Å²) < 4.78 is 46.6. The van der Waals surface area contributed by atoms with E-state index < -0.39 is 11.9 Å². The second-order valence-corrected chi connectivity index (χ2v) is 9.70. The van der Waals surface area contributed by atoms with Gasteiger partial charge in [0.25, 0.3) is 0 Å². The van der Waals surface area contributed by atoms with Crippen molar-refractivity contribution in [2.45, 2.75) is 32.4 Å². The van der Waals surface area contributed by atoms with Crippen LogP contribution >= 0.6 is 11.6 Å². The van der Waals surface area contributed by atoms with Crippen LogP contribution in [0, 0.1) is 6.92 Å². The summed E-state index contributed by atoms with van der Waals surface area (Å²) in [5.41, 5.74) is 1.07. The average molecular weight is 524 g/mol. The molecule has 0 saturated carbocycles. The van der Waals surface area contributed by atoms with Gasteiger partial charge in [0.15, 0.2) is 11.3 Å². The first-order chi connectivity index (χ1) is 17.3. The zero-order chi connectivity index (χ0) is 25.3. The summed E-state index contributed by atoms with van der Waals surface area (Å²) in [5.74, 6) is 1.01. The van der Waals surface area contributed by atoms with Gasteiger partial charge in [-0.25, -0.2) is 9.97 Å². The van der Waals surface area contributed by atoms with Crippen molar-refractivity contribution >= 4 is 34.1 Å². The number of aromatic amines is 1. The van der Waals surface area contributed by atoms with E-state index in [1.165, 1.54) is 32.3 Å².